The van der Waals surface area contributed by atoms with Gasteiger partial charge in [0, 0.05) is 11.1 Å². The van der Waals surface area contributed by atoms with Crippen molar-refractivity contribution < 1.29 is 9.47 Å². The number of hydrogen-bond donors (Lipinski definition) is 2. The summed E-state index contributed by atoms with van der Waals surface area (Å²) in [7, 11) is 0. The summed E-state index contributed by atoms with van der Waals surface area (Å²) in [5, 5.41) is 0.301. The predicted octanol–water partition coefficient (Wildman–Crippen LogP) is 2.02. The summed E-state index contributed by atoms with van der Waals surface area (Å²) < 4.78 is 10.6. The summed E-state index contributed by atoms with van der Waals surface area (Å²) in [5.41, 5.74) is 1.93. The molecular formula is C13H12N2O3S. The quantitative estimate of drug-likeness (QED) is 0.650. The van der Waals surface area contributed by atoms with Crippen LogP contribution in [-0.4, -0.2) is 16.8 Å². The first-order chi connectivity index (χ1) is 9.19. The number of fused-ring (bicyclic) bond motifs is 1. The predicted molar refractivity (Wildman–Crippen MR) is 73.0 cm³/mol. The third kappa shape index (κ3) is 2.08. The fraction of sp³-hybridized carbons (Fsp3) is 0.231. The Morgan fingerprint density at radius 2 is 2.16 bits per heavy atom. The van der Waals surface area contributed by atoms with E-state index in [1.165, 1.54) is 0 Å². The monoisotopic (exact) mass is 276 g/mol. The molecule has 0 saturated carbocycles. The van der Waals surface area contributed by atoms with E-state index < -0.39 is 0 Å². The highest BCUT2D eigenvalue weighted by molar-refractivity contribution is 7.80. The Kier molecular flexibility index (Phi) is 2.94. The Morgan fingerprint density at radius 3 is 2.95 bits per heavy atom. The molecule has 1 aromatic carbocycles. The van der Waals surface area contributed by atoms with Crippen LogP contribution in [0.5, 0.6) is 11.5 Å². The first-order valence-corrected chi connectivity index (χ1v) is 6.36. The van der Waals surface area contributed by atoms with Gasteiger partial charge in [-0.15, -0.1) is 12.6 Å². The highest BCUT2D eigenvalue weighted by Gasteiger charge is 2.17. The molecule has 0 bridgehead atoms. The minimum atomic E-state index is -0.157. The van der Waals surface area contributed by atoms with Gasteiger partial charge in [-0.1, -0.05) is 6.92 Å². The first-order valence-electron chi connectivity index (χ1n) is 5.91. The van der Waals surface area contributed by atoms with Gasteiger partial charge in [0.1, 0.15) is 0 Å². The Bertz CT molecular complexity index is 697. The number of benzene rings is 1. The fourth-order valence-corrected chi connectivity index (χ4v) is 2.30. The highest BCUT2D eigenvalue weighted by Crippen LogP contribution is 2.35. The molecule has 1 aliphatic heterocycles. The summed E-state index contributed by atoms with van der Waals surface area (Å²) in [4.78, 5) is 18.8. The zero-order valence-corrected chi connectivity index (χ0v) is 11.2. The van der Waals surface area contributed by atoms with E-state index in [9.17, 15) is 4.79 Å². The summed E-state index contributed by atoms with van der Waals surface area (Å²) in [6.45, 7) is 2.14. The van der Waals surface area contributed by atoms with Crippen LogP contribution in [0, 0.1) is 0 Å². The van der Waals surface area contributed by atoms with Gasteiger partial charge in [-0.2, -0.15) is 0 Å². The SMILES string of the molecule is CCc1c(-c2ccc3c(c2)OCO3)nc(S)[nH]c1=O. The average molecular weight is 276 g/mol. The van der Waals surface area contributed by atoms with Crippen LogP contribution in [-0.2, 0) is 6.42 Å². The van der Waals surface area contributed by atoms with Crippen molar-refractivity contribution in [3.8, 4) is 22.8 Å². The summed E-state index contributed by atoms with van der Waals surface area (Å²) in [6.07, 6.45) is 0.597. The summed E-state index contributed by atoms with van der Waals surface area (Å²) in [5.74, 6) is 1.38. The molecule has 0 spiro atoms. The molecule has 2 heterocycles. The molecule has 0 unspecified atom stereocenters. The minimum absolute atomic E-state index is 0.157. The van der Waals surface area contributed by atoms with Gasteiger partial charge >= 0.3 is 0 Å². The minimum Gasteiger partial charge on any atom is -0.454 e. The fourth-order valence-electron chi connectivity index (χ4n) is 2.10. The molecule has 0 radical (unpaired) electrons. The van der Waals surface area contributed by atoms with Crippen molar-refractivity contribution in [2.75, 3.05) is 6.79 Å². The van der Waals surface area contributed by atoms with Crippen LogP contribution in [0.4, 0.5) is 0 Å². The second-order valence-corrected chi connectivity index (χ2v) is 4.56. The smallest absolute Gasteiger partial charge is 0.255 e. The van der Waals surface area contributed by atoms with Gasteiger partial charge < -0.3 is 14.5 Å². The molecule has 0 fully saturated rings. The normalized spacial score (nSPS) is 12.7. The summed E-state index contributed by atoms with van der Waals surface area (Å²) in [6, 6.07) is 5.51. The van der Waals surface area contributed by atoms with E-state index in [1.807, 2.05) is 25.1 Å². The molecule has 98 valence electrons. The van der Waals surface area contributed by atoms with E-state index in [1.54, 1.807) is 0 Å². The molecule has 0 amide bonds. The molecule has 5 nitrogen and oxygen atoms in total. The second kappa shape index (κ2) is 4.62. The van der Waals surface area contributed by atoms with Crippen LogP contribution in [0.1, 0.15) is 12.5 Å². The zero-order valence-electron chi connectivity index (χ0n) is 10.3. The van der Waals surface area contributed by atoms with Crippen LogP contribution in [0.3, 0.4) is 0 Å². The summed E-state index contributed by atoms with van der Waals surface area (Å²) >= 11 is 4.12. The Hall–Kier alpha value is -1.95. The van der Waals surface area contributed by atoms with Crippen molar-refractivity contribution in [1.82, 2.24) is 9.97 Å². The van der Waals surface area contributed by atoms with Crippen molar-refractivity contribution in [3.63, 3.8) is 0 Å². The molecular weight excluding hydrogens is 264 g/mol. The molecule has 0 aliphatic carbocycles. The van der Waals surface area contributed by atoms with Crippen molar-refractivity contribution in [2.45, 2.75) is 18.5 Å². The van der Waals surface area contributed by atoms with E-state index in [-0.39, 0.29) is 12.4 Å². The lowest BCUT2D eigenvalue weighted by Gasteiger charge is -2.07. The number of nitrogens with one attached hydrogen (secondary N) is 1. The maximum atomic E-state index is 11.9. The number of nitrogens with zero attached hydrogens (tertiary/aromatic N) is 1. The van der Waals surface area contributed by atoms with Crippen LogP contribution >= 0.6 is 12.6 Å². The van der Waals surface area contributed by atoms with E-state index in [2.05, 4.69) is 22.6 Å². The molecule has 6 heteroatoms. The Labute approximate surface area is 115 Å². The van der Waals surface area contributed by atoms with E-state index in [4.69, 9.17) is 9.47 Å². The maximum Gasteiger partial charge on any atom is 0.255 e. The lowest BCUT2D eigenvalue weighted by Crippen LogP contribution is -2.15. The Morgan fingerprint density at radius 1 is 1.37 bits per heavy atom. The first kappa shape index (κ1) is 12.1. The van der Waals surface area contributed by atoms with Crippen molar-refractivity contribution in [2.24, 2.45) is 0 Å². The van der Waals surface area contributed by atoms with E-state index >= 15 is 0 Å². The van der Waals surface area contributed by atoms with Crippen molar-refractivity contribution >= 4 is 12.6 Å². The number of aromatic nitrogens is 2. The van der Waals surface area contributed by atoms with Gasteiger partial charge in [0.2, 0.25) is 6.79 Å². The molecule has 2 aromatic rings. The largest absolute Gasteiger partial charge is 0.454 e. The van der Waals surface area contributed by atoms with Gasteiger partial charge in [-0.25, -0.2) is 4.98 Å². The number of aromatic amines is 1. The molecule has 1 aromatic heterocycles. The van der Waals surface area contributed by atoms with Crippen LogP contribution in [0.25, 0.3) is 11.3 Å². The zero-order chi connectivity index (χ0) is 13.4. The van der Waals surface area contributed by atoms with Gasteiger partial charge in [0.05, 0.1) is 5.69 Å². The Balaban J connectivity index is 2.19. The van der Waals surface area contributed by atoms with E-state index in [0.717, 1.165) is 5.56 Å². The lowest BCUT2D eigenvalue weighted by atomic mass is 10.0. The van der Waals surface area contributed by atoms with Gasteiger partial charge in [-0.3, -0.25) is 4.79 Å². The topological polar surface area (TPSA) is 64.2 Å². The number of hydrogen-bond acceptors (Lipinski definition) is 5. The molecule has 19 heavy (non-hydrogen) atoms. The third-order valence-electron chi connectivity index (χ3n) is 3.00. The van der Waals surface area contributed by atoms with Crippen molar-refractivity contribution in [3.05, 3.63) is 34.1 Å². The van der Waals surface area contributed by atoms with E-state index in [0.29, 0.717) is 34.3 Å². The lowest BCUT2D eigenvalue weighted by molar-refractivity contribution is 0.174. The molecule has 1 N–H and O–H groups in total. The highest BCUT2D eigenvalue weighted by atomic mass is 32.1. The number of ether oxygens (including phenoxy) is 2. The molecule has 0 saturated heterocycles. The van der Waals surface area contributed by atoms with Gasteiger partial charge in [0.25, 0.3) is 5.56 Å². The molecule has 0 atom stereocenters. The standard InChI is InChI=1S/C13H12N2O3S/c1-2-8-11(14-13(19)15-12(8)16)7-3-4-9-10(5-7)18-6-17-9/h3-5H,2,6H2,1H3,(H2,14,15,16,19). The van der Waals surface area contributed by atoms with Crippen LogP contribution in [0.2, 0.25) is 0 Å². The number of H-pyrrole nitrogens is 1. The average Bonchev–Trinajstić information content (AvgIpc) is 2.85. The van der Waals surface area contributed by atoms with Gasteiger partial charge in [0.15, 0.2) is 16.7 Å². The second-order valence-electron chi connectivity index (χ2n) is 4.14. The van der Waals surface area contributed by atoms with Crippen LogP contribution < -0.4 is 15.0 Å². The van der Waals surface area contributed by atoms with Crippen molar-refractivity contribution in [1.29, 1.82) is 0 Å². The maximum absolute atomic E-state index is 11.9. The number of thiol groups is 1. The number of rotatable bonds is 2. The van der Waals surface area contributed by atoms with Gasteiger partial charge in [-0.05, 0) is 24.6 Å². The molecule has 3 rings (SSSR count). The van der Waals surface area contributed by atoms with Crippen LogP contribution in [0.15, 0.2) is 28.2 Å². The molecule has 1 aliphatic rings. The third-order valence-corrected chi connectivity index (χ3v) is 3.21.